The van der Waals surface area contributed by atoms with E-state index in [-0.39, 0.29) is 12.6 Å². The van der Waals surface area contributed by atoms with Crippen molar-refractivity contribution in [3.8, 4) is 0 Å². The van der Waals surface area contributed by atoms with Gasteiger partial charge in [-0.25, -0.2) is 0 Å². The van der Waals surface area contributed by atoms with Crippen molar-refractivity contribution in [2.75, 3.05) is 13.2 Å². The van der Waals surface area contributed by atoms with Crippen molar-refractivity contribution >= 4 is 0 Å². The highest BCUT2D eigenvalue weighted by Crippen LogP contribution is 2.28. The van der Waals surface area contributed by atoms with Gasteiger partial charge >= 0.3 is 0 Å². The van der Waals surface area contributed by atoms with Crippen molar-refractivity contribution in [2.45, 2.75) is 31.3 Å². The fourth-order valence-corrected chi connectivity index (χ4v) is 2.70. The summed E-state index contributed by atoms with van der Waals surface area (Å²) in [6.07, 6.45) is 5.66. The molecule has 0 aromatic heterocycles. The minimum absolute atomic E-state index is 0.111. The van der Waals surface area contributed by atoms with Gasteiger partial charge in [-0.05, 0) is 24.9 Å². The fraction of sp³-hybridized carbons (Fsp3) is 0.467. The summed E-state index contributed by atoms with van der Waals surface area (Å²) < 4.78 is 0. The van der Waals surface area contributed by atoms with E-state index >= 15 is 0 Å². The largest absolute Gasteiger partial charge is 0.394 e. The molecule has 0 aliphatic carbocycles. The average Bonchev–Trinajstić information content (AvgIpc) is 2.41. The van der Waals surface area contributed by atoms with E-state index in [4.69, 9.17) is 0 Å². The van der Waals surface area contributed by atoms with E-state index in [0.717, 1.165) is 13.0 Å². The van der Waals surface area contributed by atoms with Crippen molar-refractivity contribution in [1.29, 1.82) is 0 Å². The Hall–Kier alpha value is -1.12. The Morgan fingerprint density at radius 2 is 2.12 bits per heavy atom. The summed E-state index contributed by atoms with van der Waals surface area (Å²) in [4.78, 5) is 2.38. The molecule has 0 spiro atoms. The number of aliphatic hydroxyl groups excluding tert-OH is 1. The lowest BCUT2D eigenvalue weighted by Gasteiger charge is -2.39. The topological polar surface area (TPSA) is 23.5 Å². The number of likely N-dealkylation sites (tertiary alicyclic amines) is 1. The van der Waals surface area contributed by atoms with Gasteiger partial charge in [-0.3, -0.25) is 4.90 Å². The second-order valence-electron chi connectivity index (χ2n) is 4.65. The average molecular weight is 231 g/mol. The van der Waals surface area contributed by atoms with Crippen LogP contribution in [0.1, 0.15) is 30.9 Å². The standard InChI is InChI=1S/C15H21NO/c1-2-14-10-6-7-11-16(14)15(12-17)13-8-4-3-5-9-13/h2-5,8-9,14-15,17H,1,6-7,10-12H2/t14-,15+/m1/s1. The maximum atomic E-state index is 9.67. The molecule has 0 saturated carbocycles. The third-order valence-corrected chi connectivity index (χ3v) is 3.62. The Morgan fingerprint density at radius 3 is 2.76 bits per heavy atom. The quantitative estimate of drug-likeness (QED) is 0.805. The van der Waals surface area contributed by atoms with E-state index in [2.05, 4.69) is 23.6 Å². The smallest absolute Gasteiger partial charge is 0.0628 e. The molecule has 1 aromatic rings. The molecule has 17 heavy (non-hydrogen) atoms. The molecule has 1 N–H and O–H groups in total. The van der Waals surface area contributed by atoms with Gasteiger partial charge in [0.05, 0.1) is 12.6 Å². The van der Waals surface area contributed by atoms with Crippen LogP contribution in [0, 0.1) is 0 Å². The summed E-state index contributed by atoms with van der Waals surface area (Å²) >= 11 is 0. The van der Waals surface area contributed by atoms with Crippen LogP contribution < -0.4 is 0 Å². The minimum Gasteiger partial charge on any atom is -0.394 e. The Morgan fingerprint density at radius 1 is 1.35 bits per heavy atom. The molecule has 1 heterocycles. The van der Waals surface area contributed by atoms with Gasteiger partial charge in [-0.15, -0.1) is 6.58 Å². The molecule has 1 saturated heterocycles. The molecule has 2 nitrogen and oxygen atoms in total. The van der Waals surface area contributed by atoms with E-state index in [0.29, 0.717) is 6.04 Å². The van der Waals surface area contributed by atoms with Crippen LogP contribution >= 0.6 is 0 Å². The number of benzene rings is 1. The predicted octanol–water partition coefficient (Wildman–Crippen LogP) is 2.76. The van der Waals surface area contributed by atoms with Crippen molar-refractivity contribution in [1.82, 2.24) is 4.90 Å². The Balaban J connectivity index is 2.19. The van der Waals surface area contributed by atoms with E-state index < -0.39 is 0 Å². The van der Waals surface area contributed by atoms with Gasteiger partial charge in [0.25, 0.3) is 0 Å². The van der Waals surface area contributed by atoms with Crippen molar-refractivity contribution < 1.29 is 5.11 Å². The number of hydrogen-bond donors (Lipinski definition) is 1. The first-order valence-electron chi connectivity index (χ1n) is 6.41. The van der Waals surface area contributed by atoms with E-state index in [1.165, 1.54) is 18.4 Å². The van der Waals surface area contributed by atoms with Crippen LogP contribution in [0.2, 0.25) is 0 Å². The molecule has 0 bridgehead atoms. The molecule has 2 heteroatoms. The lowest BCUT2D eigenvalue weighted by molar-refractivity contribution is 0.0760. The molecule has 1 fully saturated rings. The molecule has 2 atom stereocenters. The lowest BCUT2D eigenvalue weighted by Crippen LogP contribution is -2.42. The maximum absolute atomic E-state index is 9.67. The summed E-state index contributed by atoms with van der Waals surface area (Å²) in [5, 5.41) is 9.67. The van der Waals surface area contributed by atoms with E-state index in [1.807, 2.05) is 24.3 Å². The van der Waals surface area contributed by atoms with Crippen LogP contribution in [-0.2, 0) is 0 Å². The van der Waals surface area contributed by atoms with Crippen molar-refractivity contribution in [3.63, 3.8) is 0 Å². The number of aliphatic hydroxyl groups is 1. The molecule has 0 amide bonds. The third-order valence-electron chi connectivity index (χ3n) is 3.62. The number of rotatable bonds is 4. The van der Waals surface area contributed by atoms with Gasteiger partial charge in [0, 0.05) is 6.04 Å². The summed E-state index contributed by atoms with van der Waals surface area (Å²) in [6, 6.07) is 10.8. The first kappa shape index (κ1) is 12.3. The van der Waals surface area contributed by atoms with E-state index in [9.17, 15) is 5.11 Å². The van der Waals surface area contributed by atoms with Gasteiger partial charge in [0.15, 0.2) is 0 Å². The first-order valence-corrected chi connectivity index (χ1v) is 6.41. The summed E-state index contributed by atoms with van der Waals surface area (Å²) in [6.45, 7) is 5.15. The highest BCUT2D eigenvalue weighted by molar-refractivity contribution is 5.20. The van der Waals surface area contributed by atoms with Crippen molar-refractivity contribution in [2.24, 2.45) is 0 Å². The highest BCUT2D eigenvalue weighted by atomic mass is 16.3. The molecule has 1 aliphatic rings. The van der Waals surface area contributed by atoms with Crippen LogP contribution in [0.4, 0.5) is 0 Å². The lowest BCUT2D eigenvalue weighted by atomic mass is 9.96. The van der Waals surface area contributed by atoms with Crippen LogP contribution in [0.3, 0.4) is 0 Å². The molecule has 0 radical (unpaired) electrons. The Kier molecular flexibility index (Phi) is 4.35. The summed E-state index contributed by atoms with van der Waals surface area (Å²) in [5.74, 6) is 0. The van der Waals surface area contributed by atoms with Gasteiger partial charge in [0.2, 0.25) is 0 Å². The maximum Gasteiger partial charge on any atom is 0.0628 e. The van der Waals surface area contributed by atoms with Crippen LogP contribution in [-0.4, -0.2) is 29.2 Å². The van der Waals surface area contributed by atoms with Crippen LogP contribution in [0.15, 0.2) is 43.0 Å². The molecule has 1 aromatic carbocycles. The van der Waals surface area contributed by atoms with E-state index in [1.54, 1.807) is 0 Å². The van der Waals surface area contributed by atoms with Gasteiger partial charge in [-0.1, -0.05) is 42.8 Å². The molecular formula is C15H21NO. The third kappa shape index (κ3) is 2.76. The molecule has 1 aliphatic heterocycles. The Bertz CT molecular complexity index is 349. The van der Waals surface area contributed by atoms with Crippen molar-refractivity contribution in [3.05, 3.63) is 48.6 Å². The second-order valence-corrected chi connectivity index (χ2v) is 4.65. The van der Waals surface area contributed by atoms with Gasteiger partial charge < -0.3 is 5.11 Å². The number of nitrogens with zero attached hydrogens (tertiary/aromatic N) is 1. The number of hydrogen-bond acceptors (Lipinski definition) is 2. The zero-order valence-corrected chi connectivity index (χ0v) is 10.3. The SMILES string of the molecule is C=C[C@@H]1CCCCN1[C@@H](CO)c1ccccc1. The molecule has 92 valence electrons. The van der Waals surface area contributed by atoms with Crippen LogP contribution in [0.5, 0.6) is 0 Å². The monoisotopic (exact) mass is 231 g/mol. The highest BCUT2D eigenvalue weighted by Gasteiger charge is 2.27. The van der Waals surface area contributed by atoms with Gasteiger partial charge in [-0.2, -0.15) is 0 Å². The second kappa shape index (κ2) is 5.99. The van der Waals surface area contributed by atoms with Crippen LogP contribution in [0.25, 0.3) is 0 Å². The minimum atomic E-state index is 0.111. The zero-order chi connectivity index (χ0) is 12.1. The predicted molar refractivity (Wildman–Crippen MR) is 70.8 cm³/mol. The fourth-order valence-electron chi connectivity index (χ4n) is 2.70. The Labute approximate surface area is 104 Å². The normalized spacial score (nSPS) is 23.2. The molecule has 2 rings (SSSR count). The number of piperidine rings is 1. The first-order chi connectivity index (χ1) is 8.36. The molecule has 0 unspecified atom stereocenters. The summed E-state index contributed by atoms with van der Waals surface area (Å²) in [7, 11) is 0. The zero-order valence-electron chi connectivity index (χ0n) is 10.3. The summed E-state index contributed by atoms with van der Waals surface area (Å²) in [5.41, 5.74) is 1.20. The van der Waals surface area contributed by atoms with Gasteiger partial charge in [0.1, 0.15) is 0 Å². The molecular weight excluding hydrogens is 210 g/mol.